The number of carbonyl (C=O) groups excluding carboxylic acids is 1. The molecule has 2 aromatic rings. The molecule has 1 amide bonds. The number of hydrogen-bond acceptors (Lipinski definition) is 6. The summed E-state index contributed by atoms with van der Waals surface area (Å²) in [5.41, 5.74) is -5.03. The molecule has 0 saturated carbocycles. The number of cyclic esters (lactones) is 1. The number of hydrogen-bond donors (Lipinski definition) is 2. The first-order chi connectivity index (χ1) is 15.9. The largest absolute Gasteiger partial charge is 0.434 e. The second-order valence-electron chi connectivity index (χ2n) is 8.51. The summed E-state index contributed by atoms with van der Waals surface area (Å²) < 4.78 is 75.1. The van der Waals surface area contributed by atoms with Crippen LogP contribution >= 0.6 is 9.24 Å². The van der Waals surface area contributed by atoms with Crippen molar-refractivity contribution in [1.29, 1.82) is 0 Å². The highest BCUT2D eigenvalue weighted by Crippen LogP contribution is 2.48. The minimum absolute atomic E-state index is 0.0410. The molecule has 1 fully saturated rings. The van der Waals surface area contributed by atoms with Crippen LogP contribution in [0.3, 0.4) is 0 Å². The second-order valence-corrected chi connectivity index (χ2v) is 9.28. The fourth-order valence-corrected chi connectivity index (χ4v) is 4.43. The van der Waals surface area contributed by atoms with Crippen molar-refractivity contribution in [1.82, 2.24) is 15.3 Å². The maximum atomic E-state index is 14.3. The van der Waals surface area contributed by atoms with Gasteiger partial charge in [-0.2, -0.15) is 22.0 Å². The lowest BCUT2D eigenvalue weighted by Crippen LogP contribution is -2.54. The number of rotatable bonds is 4. The number of aromatic nitrogens is 2. The molecule has 2 aliphatic rings. The second kappa shape index (κ2) is 8.88. The van der Waals surface area contributed by atoms with E-state index in [1.54, 1.807) is 4.90 Å². The van der Waals surface area contributed by atoms with Gasteiger partial charge in [0.25, 0.3) is 5.66 Å². The lowest BCUT2D eigenvalue weighted by Gasteiger charge is -2.40. The van der Waals surface area contributed by atoms with Crippen LogP contribution in [-0.4, -0.2) is 47.4 Å². The van der Waals surface area contributed by atoms with Crippen molar-refractivity contribution >= 4 is 27.0 Å². The minimum atomic E-state index is -4.70. The SMILES string of the molecule is CC(C)C1CNCCN1c1cc(C(F)(F)F)cc(-c2ccnc3c2[C@H](C(F)(F)P)OC(=O)N3)n1. The summed E-state index contributed by atoms with van der Waals surface area (Å²) in [4.78, 5) is 22.0. The van der Waals surface area contributed by atoms with Gasteiger partial charge in [-0.1, -0.05) is 23.1 Å². The van der Waals surface area contributed by atoms with Gasteiger partial charge in [-0.25, -0.2) is 14.8 Å². The van der Waals surface area contributed by atoms with Crippen LogP contribution < -0.4 is 15.5 Å². The molecule has 4 rings (SSSR count). The molecular weight excluding hydrogens is 480 g/mol. The lowest BCUT2D eigenvalue weighted by atomic mass is 9.97. The Labute approximate surface area is 194 Å². The first kappa shape index (κ1) is 24.5. The summed E-state index contributed by atoms with van der Waals surface area (Å²) in [7, 11) is 1.30. The number of anilines is 2. The van der Waals surface area contributed by atoms with Gasteiger partial charge in [-0.15, -0.1) is 0 Å². The van der Waals surface area contributed by atoms with E-state index in [1.807, 2.05) is 13.8 Å². The number of piperazine rings is 1. The van der Waals surface area contributed by atoms with Crippen molar-refractivity contribution in [3.8, 4) is 11.3 Å². The van der Waals surface area contributed by atoms with Crippen LogP contribution in [0.15, 0.2) is 24.4 Å². The molecule has 0 aliphatic carbocycles. The Hall–Kier alpha value is -2.59. The number of halogens is 5. The molecule has 1 saturated heterocycles. The zero-order valence-electron chi connectivity index (χ0n) is 18.3. The van der Waals surface area contributed by atoms with Gasteiger partial charge in [-0.05, 0) is 24.1 Å². The summed E-state index contributed by atoms with van der Waals surface area (Å²) in [6.07, 6.45) is -6.70. The molecule has 0 radical (unpaired) electrons. The lowest BCUT2D eigenvalue weighted by molar-refractivity contribution is -0.137. The summed E-state index contributed by atoms with van der Waals surface area (Å²) in [6, 6.07) is 2.95. The standard InChI is InChI=1S/C21H23F5N5O2P/c1-10(2)14-9-27-5-6-31(14)15-8-11(20(22,23)24)7-13(29-15)12-3-4-28-18-16(12)17(21(25,26)34)33-19(32)30-18/h3-4,7-8,10,14,17,27H,5-6,9,34H2,1-2H3,(H,28,30,32)/t14?,17-/m1/s1. The summed E-state index contributed by atoms with van der Waals surface area (Å²) >= 11 is 0. The zero-order valence-corrected chi connectivity index (χ0v) is 19.4. The Balaban J connectivity index is 1.92. The normalized spacial score (nSPS) is 21.2. The summed E-state index contributed by atoms with van der Waals surface area (Å²) in [6.45, 7) is 5.48. The van der Waals surface area contributed by atoms with Crippen molar-refractivity contribution in [3.05, 3.63) is 35.5 Å². The molecule has 4 heterocycles. The Morgan fingerprint density at radius 2 is 1.97 bits per heavy atom. The molecule has 2 N–H and O–H groups in total. The topological polar surface area (TPSA) is 79.4 Å². The molecule has 0 aromatic carbocycles. The third kappa shape index (κ3) is 4.79. The van der Waals surface area contributed by atoms with Gasteiger partial charge in [0.1, 0.15) is 11.6 Å². The maximum Gasteiger partial charge on any atom is 0.416 e. The number of fused-ring (bicyclic) bond motifs is 1. The Morgan fingerprint density at radius 3 is 2.62 bits per heavy atom. The van der Waals surface area contributed by atoms with Gasteiger partial charge in [0.05, 0.1) is 16.8 Å². The van der Waals surface area contributed by atoms with Crippen molar-refractivity contribution in [2.75, 3.05) is 29.9 Å². The smallest absolute Gasteiger partial charge is 0.416 e. The van der Waals surface area contributed by atoms with Crippen molar-refractivity contribution in [2.24, 2.45) is 5.92 Å². The summed E-state index contributed by atoms with van der Waals surface area (Å²) in [5.74, 6) is -0.0144. The van der Waals surface area contributed by atoms with E-state index >= 15 is 0 Å². The third-order valence-corrected chi connectivity index (χ3v) is 6.11. The molecule has 2 aliphatic heterocycles. The zero-order chi connectivity index (χ0) is 24.8. The molecule has 0 spiro atoms. The van der Waals surface area contributed by atoms with Gasteiger partial charge >= 0.3 is 12.3 Å². The van der Waals surface area contributed by atoms with E-state index < -0.39 is 29.6 Å². The number of ether oxygens (including phenoxy) is 1. The molecule has 34 heavy (non-hydrogen) atoms. The van der Waals surface area contributed by atoms with Crippen LogP contribution in [-0.2, 0) is 10.9 Å². The van der Waals surface area contributed by atoms with Gasteiger partial charge < -0.3 is 15.0 Å². The molecule has 2 aromatic heterocycles. The average molecular weight is 503 g/mol. The van der Waals surface area contributed by atoms with E-state index in [0.717, 1.165) is 12.1 Å². The fraction of sp³-hybridized carbons (Fsp3) is 0.476. The van der Waals surface area contributed by atoms with E-state index in [2.05, 4.69) is 20.6 Å². The quantitative estimate of drug-likeness (QED) is 0.467. The number of amides is 1. The average Bonchev–Trinajstić information content (AvgIpc) is 2.76. The molecule has 0 bridgehead atoms. The molecule has 13 heteroatoms. The summed E-state index contributed by atoms with van der Waals surface area (Å²) in [5, 5.41) is 5.47. The highest BCUT2D eigenvalue weighted by atomic mass is 31.0. The first-order valence-corrected chi connectivity index (χ1v) is 11.1. The van der Waals surface area contributed by atoms with Crippen molar-refractivity contribution in [3.63, 3.8) is 0 Å². The molecule has 3 atom stereocenters. The first-order valence-electron chi connectivity index (χ1n) is 10.6. The van der Waals surface area contributed by atoms with Gasteiger partial charge in [0, 0.05) is 37.4 Å². The highest BCUT2D eigenvalue weighted by molar-refractivity contribution is 7.18. The van der Waals surface area contributed by atoms with Crippen LogP contribution in [0.2, 0.25) is 0 Å². The van der Waals surface area contributed by atoms with Crippen LogP contribution in [0.25, 0.3) is 11.3 Å². The van der Waals surface area contributed by atoms with Crippen molar-refractivity contribution < 1.29 is 31.5 Å². The van der Waals surface area contributed by atoms with Crippen LogP contribution in [0, 0.1) is 5.92 Å². The van der Waals surface area contributed by atoms with Gasteiger partial charge in [0.2, 0.25) is 0 Å². The van der Waals surface area contributed by atoms with Gasteiger partial charge in [-0.3, -0.25) is 5.32 Å². The number of nitrogens with zero attached hydrogens (tertiary/aromatic N) is 3. The van der Waals surface area contributed by atoms with E-state index in [0.29, 0.717) is 19.6 Å². The fourth-order valence-electron chi connectivity index (χ4n) is 4.19. The van der Waals surface area contributed by atoms with Crippen molar-refractivity contribution in [2.45, 2.75) is 37.8 Å². The molecule has 184 valence electrons. The number of carbonyl (C=O) groups is 1. The number of pyridine rings is 2. The monoisotopic (exact) mass is 503 g/mol. The highest BCUT2D eigenvalue weighted by Gasteiger charge is 2.45. The third-order valence-electron chi connectivity index (χ3n) is 5.81. The molecular formula is C21H23F5N5O2P. The van der Waals surface area contributed by atoms with Crippen LogP contribution in [0.4, 0.5) is 38.4 Å². The number of alkyl halides is 5. The van der Waals surface area contributed by atoms with E-state index in [1.165, 1.54) is 21.5 Å². The Morgan fingerprint density at radius 1 is 1.24 bits per heavy atom. The predicted molar refractivity (Wildman–Crippen MR) is 119 cm³/mol. The Kier molecular flexibility index (Phi) is 6.41. The molecule has 2 unspecified atom stereocenters. The van der Waals surface area contributed by atoms with E-state index in [4.69, 9.17) is 4.74 Å². The minimum Gasteiger partial charge on any atom is -0.434 e. The van der Waals surface area contributed by atoms with Crippen LogP contribution in [0.1, 0.15) is 31.1 Å². The van der Waals surface area contributed by atoms with E-state index in [-0.39, 0.29) is 40.4 Å². The Bertz CT molecular complexity index is 1090. The van der Waals surface area contributed by atoms with Crippen LogP contribution in [0.5, 0.6) is 0 Å². The van der Waals surface area contributed by atoms with Gasteiger partial charge in [0.15, 0.2) is 6.10 Å². The predicted octanol–water partition coefficient (Wildman–Crippen LogP) is 4.67. The molecule has 7 nitrogen and oxygen atoms in total. The maximum absolute atomic E-state index is 14.3. The van der Waals surface area contributed by atoms with E-state index in [9.17, 15) is 26.7 Å². The number of nitrogens with one attached hydrogen (secondary N) is 2.